The van der Waals surface area contributed by atoms with E-state index in [1.54, 1.807) is 24.3 Å². The highest BCUT2D eigenvalue weighted by Crippen LogP contribution is 2.35. The fourth-order valence-electron chi connectivity index (χ4n) is 1.59. The molecular weight excluding hydrogens is 431 g/mol. The highest BCUT2D eigenvalue weighted by molar-refractivity contribution is 9.11. The molecule has 8 heteroatoms. The highest BCUT2D eigenvalue weighted by atomic mass is 79.9. The van der Waals surface area contributed by atoms with Crippen molar-refractivity contribution in [3.63, 3.8) is 0 Å². The molecule has 20 heavy (non-hydrogen) atoms. The lowest BCUT2D eigenvalue weighted by molar-refractivity contribution is 0.601. The van der Waals surface area contributed by atoms with Crippen molar-refractivity contribution in [1.82, 2.24) is 0 Å². The fourth-order valence-corrected chi connectivity index (χ4v) is 4.83. The predicted octanol–water partition coefficient (Wildman–Crippen LogP) is 4.25. The van der Waals surface area contributed by atoms with Gasteiger partial charge in [-0.2, -0.15) is 0 Å². The number of benzene rings is 2. The Bertz CT molecular complexity index is 726. The van der Waals surface area contributed by atoms with E-state index in [2.05, 4.69) is 36.6 Å². The van der Waals surface area contributed by atoms with Crippen molar-refractivity contribution in [3.8, 4) is 0 Å². The van der Waals surface area contributed by atoms with Crippen molar-refractivity contribution in [1.29, 1.82) is 0 Å². The number of sulfonamides is 1. The first-order chi connectivity index (χ1) is 9.33. The summed E-state index contributed by atoms with van der Waals surface area (Å²) in [7, 11) is -3.89. The summed E-state index contributed by atoms with van der Waals surface area (Å²) in [5.41, 5.74) is 6.18. The zero-order valence-corrected chi connectivity index (χ0v) is 14.6. The first-order valence-corrected chi connectivity index (χ1v) is 8.78. The average molecular weight is 441 g/mol. The quantitative estimate of drug-likeness (QED) is 0.701. The number of hydrogen-bond acceptors (Lipinski definition) is 3. The van der Waals surface area contributed by atoms with E-state index in [-0.39, 0.29) is 15.6 Å². The Labute approximate surface area is 138 Å². The SMILES string of the molecule is Nc1cccc(Cl)c1S(=O)(=O)Nc1c(Br)cccc1Br. The predicted molar refractivity (Wildman–Crippen MR) is 88.5 cm³/mol. The number of nitrogen functional groups attached to an aromatic ring is 1. The molecular formula is C12H9Br2ClN2O2S. The standard InChI is InChI=1S/C12H9Br2ClN2O2S/c13-7-3-1-4-8(14)11(7)17-20(18,19)12-9(15)5-2-6-10(12)16/h1-6,17H,16H2. The lowest BCUT2D eigenvalue weighted by Crippen LogP contribution is -2.16. The van der Waals surface area contributed by atoms with Gasteiger partial charge in [-0.3, -0.25) is 4.72 Å². The van der Waals surface area contributed by atoms with Crippen LogP contribution in [0, 0.1) is 0 Å². The van der Waals surface area contributed by atoms with Gasteiger partial charge in [-0.25, -0.2) is 8.42 Å². The van der Waals surface area contributed by atoms with Gasteiger partial charge < -0.3 is 5.73 Å². The summed E-state index contributed by atoms with van der Waals surface area (Å²) in [6.45, 7) is 0. The molecule has 3 N–H and O–H groups in total. The van der Waals surface area contributed by atoms with Crippen molar-refractivity contribution < 1.29 is 8.42 Å². The molecule has 0 atom stereocenters. The number of hydrogen-bond donors (Lipinski definition) is 2. The number of anilines is 2. The van der Waals surface area contributed by atoms with E-state index in [4.69, 9.17) is 17.3 Å². The van der Waals surface area contributed by atoms with Crippen LogP contribution in [0.3, 0.4) is 0 Å². The second-order valence-corrected chi connectivity index (χ2v) is 7.60. The lowest BCUT2D eigenvalue weighted by atomic mass is 10.3. The average Bonchev–Trinajstić information content (AvgIpc) is 2.33. The molecule has 2 aromatic rings. The topological polar surface area (TPSA) is 72.2 Å². The van der Waals surface area contributed by atoms with Crippen LogP contribution in [0.4, 0.5) is 11.4 Å². The van der Waals surface area contributed by atoms with Gasteiger partial charge >= 0.3 is 0 Å². The lowest BCUT2D eigenvalue weighted by Gasteiger charge is -2.13. The van der Waals surface area contributed by atoms with Gasteiger partial charge in [-0.15, -0.1) is 0 Å². The van der Waals surface area contributed by atoms with Crippen LogP contribution in [0.5, 0.6) is 0 Å². The minimum Gasteiger partial charge on any atom is -0.398 e. The van der Waals surface area contributed by atoms with Crippen LogP contribution in [-0.2, 0) is 10.0 Å². The van der Waals surface area contributed by atoms with Crippen LogP contribution in [0.1, 0.15) is 0 Å². The number of nitrogens with one attached hydrogen (secondary N) is 1. The summed E-state index contributed by atoms with van der Waals surface area (Å²) in [6.07, 6.45) is 0. The number of nitrogens with two attached hydrogens (primary N) is 1. The maximum absolute atomic E-state index is 12.4. The number of halogens is 3. The molecule has 0 heterocycles. The van der Waals surface area contributed by atoms with E-state index >= 15 is 0 Å². The Morgan fingerprint density at radius 2 is 1.60 bits per heavy atom. The smallest absolute Gasteiger partial charge is 0.265 e. The molecule has 4 nitrogen and oxygen atoms in total. The molecule has 0 aromatic heterocycles. The van der Waals surface area contributed by atoms with Gasteiger partial charge in [0.25, 0.3) is 10.0 Å². The zero-order chi connectivity index (χ0) is 14.9. The Balaban J connectivity index is 2.53. The Kier molecular flexibility index (Phi) is 4.63. The summed E-state index contributed by atoms with van der Waals surface area (Å²) >= 11 is 12.5. The van der Waals surface area contributed by atoms with E-state index in [0.29, 0.717) is 14.6 Å². The highest BCUT2D eigenvalue weighted by Gasteiger charge is 2.22. The van der Waals surface area contributed by atoms with Crippen molar-refractivity contribution in [2.45, 2.75) is 4.90 Å². The molecule has 0 bridgehead atoms. The molecule has 0 aliphatic rings. The van der Waals surface area contributed by atoms with Crippen molar-refractivity contribution in [2.75, 3.05) is 10.5 Å². The van der Waals surface area contributed by atoms with Gasteiger partial charge in [0, 0.05) is 8.95 Å². The molecule has 2 rings (SSSR count). The van der Waals surface area contributed by atoms with Gasteiger partial charge in [0.05, 0.1) is 16.4 Å². The minimum atomic E-state index is -3.89. The van der Waals surface area contributed by atoms with E-state index in [0.717, 1.165) is 0 Å². The fraction of sp³-hybridized carbons (Fsp3) is 0. The van der Waals surface area contributed by atoms with Gasteiger partial charge in [-0.05, 0) is 56.1 Å². The van der Waals surface area contributed by atoms with Gasteiger partial charge in [-0.1, -0.05) is 23.7 Å². The largest absolute Gasteiger partial charge is 0.398 e. The molecule has 106 valence electrons. The summed E-state index contributed by atoms with van der Waals surface area (Å²) in [5, 5.41) is 0.0701. The van der Waals surface area contributed by atoms with Crippen LogP contribution in [-0.4, -0.2) is 8.42 Å². The Hall–Kier alpha value is -0.760. The summed E-state index contributed by atoms with van der Waals surface area (Å²) in [5.74, 6) is 0. The maximum atomic E-state index is 12.4. The maximum Gasteiger partial charge on any atom is 0.265 e. The zero-order valence-electron chi connectivity index (χ0n) is 9.90. The van der Waals surface area contributed by atoms with E-state index in [9.17, 15) is 8.42 Å². The molecule has 0 aliphatic carbocycles. The molecule has 0 saturated heterocycles. The molecule has 0 spiro atoms. The molecule has 2 aromatic carbocycles. The first kappa shape index (κ1) is 15.6. The number of rotatable bonds is 3. The van der Waals surface area contributed by atoms with E-state index in [1.165, 1.54) is 12.1 Å². The van der Waals surface area contributed by atoms with E-state index in [1.807, 2.05) is 0 Å². The summed E-state index contributed by atoms with van der Waals surface area (Å²) in [6, 6.07) is 9.76. The van der Waals surface area contributed by atoms with Gasteiger partial charge in [0.2, 0.25) is 0 Å². The van der Waals surface area contributed by atoms with Gasteiger partial charge in [0.15, 0.2) is 0 Å². The third kappa shape index (κ3) is 3.11. The molecule has 0 unspecified atom stereocenters. The van der Waals surface area contributed by atoms with Crippen molar-refractivity contribution in [3.05, 3.63) is 50.4 Å². The monoisotopic (exact) mass is 438 g/mol. The minimum absolute atomic E-state index is 0.0701. The third-order valence-corrected chi connectivity index (χ3v) is 5.68. The normalized spacial score (nSPS) is 11.3. The molecule has 0 aliphatic heterocycles. The second kappa shape index (κ2) is 5.93. The summed E-state index contributed by atoms with van der Waals surface area (Å²) in [4.78, 5) is -0.135. The van der Waals surface area contributed by atoms with Crippen LogP contribution >= 0.6 is 43.5 Å². The second-order valence-electron chi connectivity index (χ2n) is 3.86. The molecule has 0 radical (unpaired) electrons. The van der Waals surface area contributed by atoms with Crippen LogP contribution in [0.2, 0.25) is 5.02 Å². The number of para-hydroxylation sites is 1. The third-order valence-electron chi connectivity index (χ3n) is 2.47. The molecule has 0 saturated carbocycles. The Morgan fingerprint density at radius 1 is 1.05 bits per heavy atom. The van der Waals surface area contributed by atoms with Crippen LogP contribution in [0.15, 0.2) is 50.2 Å². The van der Waals surface area contributed by atoms with Gasteiger partial charge in [0.1, 0.15) is 4.90 Å². The first-order valence-electron chi connectivity index (χ1n) is 5.34. The van der Waals surface area contributed by atoms with Crippen molar-refractivity contribution in [2.24, 2.45) is 0 Å². The molecule has 0 amide bonds. The van der Waals surface area contributed by atoms with E-state index < -0.39 is 10.0 Å². The summed E-state index contributed by atoms with van der Waals surface area (Å²) < 4.78 is 28.5. The van der Waals surface area contributed by atoms with Crippen molar-refractivity contribution >= 4 is 64.9 Å². The Morgan fingerprint density at radius 3 is 2.15 bits per heavy atom. The molecule has 0 fully saturated rings. The van der Waals surface area contributed by atoms with Crippen LogP contribution in [0.25, 0.3) is 0 Å². The van der Waals surface area contributed by atoms with Crippen LogP contribution < -0.4 is 10.5 Å².